The van der Waals surface area contributed by atoms with E-state index in [1.165, 1.54) is 64.2 Å². The quantitative estimate of drug-likeness (QED) is 0.317. The number of unbranched alkanes of at least 4 members (excludes halogenated alkanes) is 9. The summed E-state index contributed by atoms with van der Waals surface area (Å²) >= 11 is 0. The van der Waals surface area contributed by atoms with Crippen molar-refractivity contribution in [2.75, 3.05) is 20.7 Å². The van der Waals surface area contributed by atoms with E-state index in [4.69, 9.17) is 4.74 Å². The highest BCUT2D eigenvalue weighted by atomic mass is 16.5. The molecule has 0 aliphatic carbocycles. The van der Waals surface area contributed by atoms with Gasteiger partial charge in [0.2, 0.25) is 0 Å². The normalized spacial score (nSPS) is 13.1. The first-order chi connectivity index (χ1) is 9.22. The summed E-state index contributed by atoms with van der Waals surface area (Å²) in [6.07, 6.45) is 15.3. The van der Waals surface area contributed by atoms with Crippen LogP contribution in [0.5, 0.6) is 0 Å². The highest BCUT2D eigenvalue weighted by molar-refractivity contribution is 4.52. The molecule has 0 aromatic heterocycles. The molecule has 1 atom stereocenters. The van der Waals surface area contributed by atoms with Crippen LogP contribution in [0.3, 0.4) is 0 Å². The Kier molecular flexibility index (Phi) is 14.3. The Morgan fingerprint density at radius 1 is 0.737 bits per heavy atom. The average molecular weight is 271 g/mol. The van der Waals surface area contributed by atoms with Gasteiger partial charge in [-0.3, -0.25) is 4.90 Å². The van der Waals surface area contributed by atoms with Crippen LogP contribution in [0, 0.1) is 0 Å². The van der Waals surface area contributed by atoms with Crippen molar-refractivity contribution < 1.29 is 4.74 Å². The molecule has 0 aliphatic rings. The topological polar surface area (TPSA) is 12.5 Å². The summed E-state index contributed by atoms with van der Waals surface area (Å²) in [4.78, 5) is 2.16. The Balaban J connectivity index is 3.14. The Bertz CT molecular complexity index is 171. The molecule has 0 aromatic rings. The van der Waals surface area contributed by atoms with E-state index in [0.29, 0.717) is 6.23 Å². The second-order valence-corrected chi connectivity index (χ2v) is 5.88. The first-order valence-electron chi connectivity index (χ1n) is 8.50. The second-order valence-electron chi connectivity index (χ2n) is 5.88. The van der Waals surface area contributed by atoms with E-state index < -0.39 is 0 Å². The van der Waals surface area contributed by atoms with Gasteiger partial charge in [-0.05, 0) is 26.9 Å². The largest absolute Gasteiger partial charge is 0.363 e. The van der Waals surface area contributed by atoms with Crippen LogP contribution in [0.25, 0.3) is 0 Å². The molecule has 0 bridgehead atoms. The standard InChI is InChI=1S/C17H37NO/c1-5-7-8-9-10-11-12-13-14-15-16-19-17(6-2)18(3)4/h17H,5-16H2,1-4H3. The number of rotatable bonds is 14. The van der Waals surface area contributed by atoms with Crippen molar-refractivity contribution in [3.63, 3.8) is 0 Å². The lowest BCUT2D eigenvalue weighted by Gasteiger charge is -2.23. The molecule has 0 rings (SSSR count). The Hall–Kier alpha value is -0.0800. The van der Waals surface area contributed by atoms with Gasteiger partial charge in [-0.2, -0.15) is 0 Å². The van der Waals surface area contributed by atoms with Gasteiger partial charge in [0.25, 0.3) is 0 Å². The molecule has 0 spiro atoms. The molecule has 0 amide bonds. The molecule has 0 heterocycles. The summed E-state index contributed by atoms with van der Waals surface area (Å²) in [5.74, 6) is 0. The van der Waals surface area contributed by atoms with Gasteiger partial charge in [-0.1, -0.05) is 71.6 Å². The molecule has 0 fully saturated rings. The van der Waals surface area contributed by atoms with E-state index in [1.54, 1.807) is 0 Å². The molecule has 116 valence electrons. The highest BCUT2D eigenvalue weighted by Gasteiger charge is 2.07. The van der Waals surface area contributed by atoms with Gasteiger partial charge < -0.3 is 4.74 Å². The van der Waals surface area contributed by atoms with Crippen molar-refractivity contribution in [2.45, 2.75) is 90.7 Å². The second kappa shape index (κ2) is 14.3. The van der Waals surface area contributed by atoms with Crippen LogP contribution < -0.4 is 0 Å². The van der Waals surface area contributed by atoms with Crippen LogP contribution in [0.15, 0.2) is 0 Å². The van der Waals surface area contributed by atoms with Crippen LogP contribution in [0.1, 0.15) is 84.5 Å². The third kappa shape index (κ3) is 12.7. The third-order valence-electron chi connectivity index (χ3n) is 3.73. The van der Waals surface area contributed by atoms with E-state index in [2.05, 4.69) is 32.8 Å². The Labute approximate surface area is 121 Å². The summed E-state index contributed by atoms with van der Waals surface area (Å²) < 4.78 is 5.85. The minimum atomic E-state index is 0.304. The minimum Gasteiger partial charge on any atom is -0.363 e. The zero-order valence-corrected chi connectivity index (χ0v) is 13.9. The van der Waals surface area contributed by atoms with Crippen LogP contribution in [-0.4, -0.2) is 31.8 Å². The van der Waals surface area contributed by atoms with Crippen molar-refractivity contribution in [3.05, 3.63) is 0 Å². The summed E-state index contributed by atoms with van der Waals surface area (Å²) in [6.45, 7) is 5.39. The predicted molar refractivity (Wildman–Crippen MR) is 85.6 cm³/mol. The van der Waals surface area contributed by atoms with Gasteiger partial charge in [0.15, 0.2) is 0 Å². The monoisotopic (exact) mass is 271 g/mol. The fourth-order valence-electron chi connectivity index (χ4n) is 2.44. The summed E-state index contributed by atoms with van der Waals surface area (Å²) in [5.41, 5.74) is 0. The van der Waals surface area contributed by atoms with Gasteiger partial charge in [0.05, 0.1) is 0 Å². The van der Waals surface area contributed by atoms with E-state index in [9.17, 15) is 0 Å². The van der Waals surface area contributed by atoms with Crippen LogP contribution in [0.4, 0.5) is 0 Å². The molecule has 0 saturated carbocycles. The lowest BCUT2D eigenvalue weighted by atomic mass is 10.1. The number of hydrogen-bond acceptors (Lipinski definition) is 2. The number of nitrogens with zero attached hydrogens (tertiary/aromatic N) is 1. The van der Waals surface area contributed by atoms with Crippen LogP contribution in [-0.2, 0) is 4.74 Å². The van der Waals surface area contributed by atoms with E-state index in [-0.39, 0.29) is 0 Å². The van der Waals surface area contributed by atoms with Gasteiger partial charge in [0, 0.05) is 6.61 Å². The number of hydrogen-bond donors (Lipinski definition) is 0. The third-order valence-corrected chi connectivity index (χ3v) is 3.73. The van der Waals surface area contributed by atoms with Gasteiger partial charge >= 0.3 is 0 Å². The van der Waals surface area contributed by atoms with Crippen LogP contribution in [0.2, 0.25) is 0 Å². The maximum Gasteiger partial charge on any atom is 0.109 e. The first-order valence-corrected chi connectivity index (χ1v) is 8.50. The fourth-order valence-corrected chi connectivity index (χ4v) is 2.44. The Morgan fingerprint density at radius 2 is 1.21 bits per heavy atom. The molecule has 2 heteroatoms. The molecule has 19 heavy (non-hydrogen) atoms. The van der Waals surface area contributed by atoms with Crippen molar-refractivity contribution in [1.29, 1.82) is 0 Å². The van der Waals surface area contributed by atoms with E-state index in [0.717, 1.165) is 13.0 Å². The van der Waals surface area contributed by atoms with E-state index >= 15 is 0 Å². The SMILES string of the molecule is CCCCCCCCCCCCOC(CC)N(C)C. The smallest absolute Gasteiger partial charge is 0.109 e. The van der Waals surface area contributed by atoms with Crippen molar-refractivity contribution in [2.24, 2.45) is 0 Å². The van der Waals surface area contributed by atoms with Crippen LogP contribution >= 0.6 is 0 Å². The summed E-state index contributed by atoms with van der Waals surface area (Å²) in [6, 6.07) is 0. The molecule has 2 nitrogen and oxygen atoms in total. The maximum atomic E-state index is 5.85. The predicted octanol–water partition coefficient (Wildman–Crippen LogP) is 5.22. The van der Waals surface area contributed by atoms with E-state index in [1.807, 2.05) is 0 Å². The molecule has 0 N–H and O–H groups in total. The zero-order valence-electron chi connectivity index (χ0n) is 13.9. The molecule has 0 saturated heterocycles. The Morgan fingerprint density at radius 3 is 1.63 bits per heavy atom. The van der Waals surface area contributed by atoms with Crippen molar-refractivity contribution in [1.82, 2.24) is 4.90 Å². The van der Waals surface area contributed by atoms with Gasteiger partial charge in [-0.25, -0.2) is 0 Å². The maximum absolute atomic E-state index is 5.85. The summed E-state index contributed by atoms with van der Waals surface area (Å²) in [7, 11) is 4.18. The average Bonchev–Trinajstić information content (AvgIpc) is 2.40. The lowest BCUT2D eigenvalue weighted by molar-refractivity contribution is -0.0391. The molecule has 1 unspecified atom stereocenters. The molecular formula is C17H37NO. The van der Waals surface area contributed by atoms with Gasteiger partial charge in [-0.15, -0.1) is 0 Å². The minimum absolute atomic E-state index is 0.304. The molecule has 0 aromatic carbocycles. The molecule has 0 aliphatic heterocycles. The molecular weight excluding hydrogens is 234 g/mol. The first kappa shape index (κ1) is 18.9. The zero-order chi connectivity index (χ0) is 14.3. The summed E-state index contributed by atoms with van der Waals surface area (Å²) in [5, 5.41) is 0. The van der Waals surface area contributed by atoms with Crippen molar-refractivity contribution in [3.8, 4) is 0 Å². The van der Waals surface area contributed by atoms with Crippen molar-refractivity contribution >= 4 is 0 Å². The highest BCUT2D eigenvalue weighted by Crippen LogP contribution is 2.11. The molecule has 0 radical (unpaired) electrons. The van der Waals surface area contributed by atoms with Gasteiger partial charge in [0.1, 0.15) is 6.23 Å². The lowest BCUT2D eigenvalue weighted by Crippen LogP contribution is -2.30. The fraction of sp³-hybridized carbons (Fsp3) is 1.00. The number of ether oxygens (including phenoxy) is 1.